The van der Waals surface area contributed by atoms with Crippen LogP contribution in [0.15, 0.2) is 23.5 Å². The molecule has 1 N–H and O–H groups in total. The van der Waals surface area contributed by atoms with Gasteiger partial charge in [0.15, 0.2) is 0 Å². The second kappa shape index (κ2) is 3.96. The Labute approximate surface area is 95.8 Å². The Bertz CT molecular complexity index is 367. The van der Waals surface area contributed by atoms with E-state index in [1.54, 1.807) is 7.11 Å². The van der Waals surface area contributed by atoms with E-state index in [9.17, 15) is 9.90 Å². The number of carboxylic acid groups (broad SMARTS) is 1. The van der Waals surface area contributed by atoms with Gasteiger partial charge in [0, 0.05) is 0 Å². The quantitative estimate of drug-likeness (QED) is 0.781. The molecule has 88 valence electrons. The molecule has 1 fully saturated rings. The maximum absolute atomic E-state index is 11.4. The zero-order valence-electron chi connectivity index (χ0n) is 9.82. The highest BCUT2D eigenvalue weighted by molar-refractivity contribution is 5.79. The third-order valence-electron chi connectivity index (χ3n) is 3.92. The normalized spacial score (nSPS) is 33.5. The van der Waals surface area contributed by atoms with E-state index in [1.807, 2.05) is 13.0 Å². The van der Waals surface area contributed by atoms with E-state index in [2.05, 4.69) is 6.08 Å². The van der Waals surface area contributed by atoms with Gasteiger partial charge in [0.1, 0.15) is 5.76 Å². The second-order valence-electron chi connectivity index (χ2n) is 4.87. The number of ether oxygens (including phenoxy) is 1. The Hall–Kier alpha value is -1.25. The van der Waals surface area contributed by atoms with Crippen molar-refractivity contribution < 1.29 is 14.6 Å². The molecule has 0 bridgehead atoms. The summed E-state index contributed by atoms with van der Waals surface area (Å²) in [5, 5.41) is 9.39. The molecule has 16 heavy (non-hydrogen) atoms. The Morgan fingerprint density at radius 2 is 2.38 bits per heavy atom. The number of rotatable bonds is 2. The Kier molecular flexibility index (Phi) is 2.78. The van der Waals surface area contributed by atoms with Crippen molar-refractivity contribution in [1.82, 2.24) is 0 Å². The molecule has 3 nitrogen and oxygen atoms in total. The number of carboxylic acids is 1. The first-order valence-corrected chi connectivity index (χ1v) is 5.77. The fourth-order valence-corrected chi connectivity index (χ4v) is 2.82. The number of carbonyl (C=O) groups is 1. The molecule has 2 atom stereocenters. The average molecular weight is 222 g/mol. The molecule has 2 rings (SSSR count). The van der Waals surface area contributed by atoms with Gasteiger partial charge in [-0.15, -0.1) is 0 Å². The molecule has 1 saturated carbocycles. The van der Waals surface area contributed by atoms with Crippen LogP contribution in [0.5, 0.6) is 0 Å². The standard InChI is InChI=1S/C13H18O3/c1-13(12(14)15)7-3-4-9-5-6-10(16-2)8-11(9)13/h6,8-9H,3-5,7H2,1-2H3,(H,14,15). The fraction of sp³-hybridized carbons (Fsp3) is 0.615. The first-order chi connectivity index (χ1) is 7.58. The number of methoxy groups -OCH3 is 1. The molecule has 0 radical (unpaired) electrons. The van der Waals surface area contributed by atoms with Crippen LogP contribution in [0, 0.1) is 11.3 Å². The van der Waals surface area contributed by atoms with E-state index < -0.39 is 11.4 Å². The van der Waals surface area contributed by atoms with Crippen LogP contribution >= 0.6 is 0 Å². The highest BCUT2D eigenvalue weighted by Crippen LogP contribution is 2.47. The van der Waals surface area contributed by atoms with Gasteiger partial charge in [0.05, 0.1) is 12.5 Å². The number of allylic oxidation sites excluding steroid dienone is 2. The second-order valence-corrected chi connectivity index (χ2v) is 4.87. The summed E-state index contributed by atoms with van der Waals surface area (Å²) in [4.78, 5) is 11.4. The molecule has 0 spiro atoms. The van der Waals surface area contributed by atoms with Crippen molar-refractivity contribution in [3.8, 4) is 0 Å². The van der Waals surface area contributed by atoms with Crippen LogP contribution in [0.25, 0.3) is 0 Å². The van der Waals surface area contributed by atoms with Gasteiger partial charge < -0.3 is 9.84 Å². The molecule has 2 unspecified atom stereocenters. The summed E-state index contributed by atoms with van der Waals surface area (Å²) in [7, 11) is 1.63. The zero-order chi connectivity index (χ0) is 11.8. The maximum atomic E-state index is 11.4. The predicted molar refractivity (Wildman–Crippen MR) is 60.9 cm³/mol. The Morgan fingerprint density at radius 1 is 1.62 bits per heavy atom. The summed E-state index contributed by atoms with van der Waals surface area (Å²) in [6.07, 6.45) is 7.74. The van der Waals surface area contributed by atoms with Crippen LogP contribution in [0.2, 0.25) is 0 Å². The molecular weight excluding hydrogens is 204 g/mol. The number of hydrogen-bond donors (Lipinski definition) is 1. The molecule has 2 aliphatic rings. The van der Waals surface area contributed by atoms with Gasteiger partial charge in [-0.25, -0.2) is 0 Å². The molecule has 3 heteroatoms. The van der Waals surface area contributed by atoms with Crippen molar-refractivity contribution >= 4 is 5.97 Å². The molecule has 2 aliphatic carbocycles. The summed E-state index contributed by atoms with van der Waals surface area (Å²) in [6, 6.07) is 0. The molecule has 0 amide bonds. The summed E-state index contributed by atoms with van der Waals surface area (Å²) >= 11 is 0. The van der Waals surface area contributed by atoms with Crippen LogP contribution in [0.3, 0.4) is 0 Å². The van der Waals surface area contributed by atoms with Gasteiger partial charge >= 0.3 is 5.97 Å². The third-order valence-corrected chi connectivity index (χ3v) is 3.92. The van der Waals surface area contributed by atoms with E-state index in [4.69, 9.17) is 4.74 Å². The smallest absolute Gasteiger partial charge is 0.313 e. The summed E-state index contributed by atoms with van der Waals surface area (Å²) < 4.78 is 5.20. The Morgan fingerprint density at radius 3 is 3.00 bits per heavy atom. The molecule has 0 aliphatic heterocycles. The highest BCUT2D eigenvalue weighted by Gasteiger charge is 2.43. The number of aliphatic carboxylic acids is 1. The van der Waals surface area contributed by atoms with Crippen LogP contribution in [0.1, 0.15) is 32.6 Å². The van der Waals surface area contributed by atoms with Crippen molar-refractivity contribution in [2.75, 3.05) is 7.11 Å². The minimum atomic E-state index is -0.708. The van der Waals surface area contributed by atoms with Crippen LogP contribution in [0.4, 0.5) is 0 Å². The van der Waals surface area contributed by atoms with Crippen LogP contribution in [-0.4, -0.2) is 18.2 Å². The van der Waals surface area contributed by atoms with Crippen molar-refractivity contribution in [2.24, 2.45) is 11.3 Å². The highest BCUT2D eigenvalue weighted by atomic mass is 16.5. The van der Waals surface area contributed by atoms with Gasteiger partial charge in [-0.3, -0.25) is 4.79 Å². The molecule has 0 aromatic carbocycles. The van der Waals surface area contributed by atoms with Crippen LogP contribution < -0.4 is 0 Å². The maximum Gasteiger partial charge on any atom is 0.313 e. The van der Waals surface area contributed by atoms with Gasteiger partial charge in [0.25, 0.3) is 0 Å². The van der Waals surface area contributed by atoms with E-state index >= 15 is 0 Å². The zero-order valence-corrected chi connectivity index (χ0v) is 9.82. The van der Waals surface area contributed by atoms with Crippen molar-refractivity contribution in [2.45, 2.75) is 32.6 Å². The van der Waals surface area contributed by atoms with Gasteiger partial charge in [-0.1, -0.05) is 6.42 Å². The molecular formula is C13H18O3. The minimum Gasteiger partial charge on any atom is -0.497 e. The van der Waals surface area contributed by atoms with Crippen molar-refractivity contribution in [3.05, 3.63) is 23.5 Å². The third kappa shape index (κ3) is 1.64. The number of fused-ring (bicyclic) bond motifs is 1. The minimum absolute atomic E-state index is 0.397. The summed E-state index contributed by atoms with van der Waals surface area (Å²) in [6.45, 7) is 1.84. The lowest BCUT2D eigenvalue weighted by Crippen LogP contribution is -2.37. The van der Waals surface area contributed by atoms with Gasteiger partial charge in [-0.2, -0.15) is 0 Å². The first kappa shape index (κ1) is 11.2. The van der Waals surface area contributed by atoms with Gasteiger partial charge in [-0.05, 0) is 49.8 Å². The lowest BCUT2D eigenvalue weighted by Gasteiger charge is -2.39. The summed E-state index contributed by atoms with van der Waals surface area (Å²) in [5.41, 5.74) is 0.353. The van der Waals surface area contributed by atoms with E-state index in [-0.39, 0.29) is 0 Å². The lowest BCUT2D eigenvalue weighted by atomic mass is 9.64. The SMILES string of the molecule is COC1=CCC2CCCC(C)(C(=O)O)C2=C1. The van der Waals surface area contributed by atoms with E-state index in [0.717, 1.165) is 37.0 Å². The van der Waals surface area contributed by atoms with E-state index in [1.165, 1.54) is 0 Å². The van der Waals surface area contributed by atoms with Crippen molar-refractivity contribution in [1.29, 1.82) is 0 Å². The predicted octanol–water partition coefficient (Wildman–Crippen LogP) is 2.74. The van der Waals surface area contributed by atoms with E-state index in [0.29, 0.717) is 5.92 Å². The Balaban J connectivity index is 2.38. The first-order valence-electron chi connectivity index (χ1n) is 5.77. The van der Waals surface area contributed by atoms with Gasteiger partial charge in [0.2, 0.25) is 0 Å². The van der Waals surface area contributed by atoms with Crippen LogP contribution in [-0.2, 0) is 9.53 Å². The molecule has 0 aromatic rings. The largest absolute Gasteiger partial charge is 0.497 e. The topological polar surface area (TPSA) is 46.5 Å². The average Bonchev–Trinajstić information content (AvgIpc) is 2.29. The van der Waals surface area contributed by atoms with Crippen molar-refractivity contribution in [3.63, 3.8) is 0 Å². The fourth-order valence-electron chi connectivity index (χ4n) is 2.82. The molecule has 0 aromatic heterocycles. The summed E-state index contributed by atoms with van der Waals surface area (Å²) in [5.74, 6) is 0.496. The lowest BCUT2D eigenvalue weighted by molar-refractivity contribution is -0.147. The molecule has 0 heterocycles. The molecule has 0 saturated heterocycles. The number of hydrogen-bond acceptors (Lipinski definition) is 2. The monoisotopic (exact) mass is 222 g/mol.